The molecular weight excluding hydrogens is 128 g/mol. The van der Waals surface area contributed by atoms with E-state index in [0.29, 0.717) is 6.61 Å². The molecule has 0 amide bonds. The second-order valence-corrected chi connectivity index (χ2v) is 1.82. The molecular formula is C7H14N2O. The van der Waals surface area contributed by atoms with Crippen LogP contribution in [0.15, 0.2) is 22.0 Å². The maximum Gasteiger partial charge on any atom is 0.0606 e. The van der Waals surface area contributed by atoms with Gasteiger partial charge in [0.1, 0.15) is 0 Å². The maximum absolute atomic E-state index is 4.88. The molecule has 0 aromatic heterocycles. The van der Waals surface area contributed by atoms with E-state index >= 15 is 0 Å². The molecule has 0 radical (unpaired) electrons. The summed E-state index contributed by atoms with van der Waals surface area (Å²) >= 11 is 0. The van der Waals surface area contributed by atoms with E-state index < -0.39 is 0 Å². The Labute approximate surface area is 61.8 Å². The SMILES string of the molecule is C/C=C(/CCOC)N=NC. The lowest BCUT2D eigenvalue weighted by atomic mass is 10.3. The molecule has 0 aromatic rings. The van der Waals surface area contributed by atoms with Gasteiger partial charge < -0.3 is 4.74 Å². The van der Waals surface area contributed by atoms with Gasteiger partial charge >= 0.3 is 0 Å². The predicted octanol–water partition coefficient (Wildman–Crippen LogP) is 2.01. The summed E-state index contributed by atoms with van der Waals surface area (Å²) in [5, 5.41) is 7.55. The number of methoxy groups -OCH3 is 1. The molecule has 0 atom stereocenters. The molecule has 0 aliphatic carbocycles. The van der Waals surface area contributed by atoms with E-state index in [1.807, 2.05) is 13.0 Å². The average Bonchev–Trinajstić information content (AvgIpc) is 1.98. The fraction of sp³-hybridized carbons (Fsp3) is 0.714. The minimum Gasteiger partial charge on any atom is -0.384 e. The second-order valence-electron chi connectivity index (χ2n) is 1.82. The van der Waals surface area contributed by atoms with Crippen molar-refractivity contribution in [3.63, 3.8) is 0 Å². The Morgan fingerprint density at radius 3 is 2.70 bits per heavy atom. The van der Waals surface area contributed by atoms with Gasteiger partial charge in [-0.05, 0) is 6.92 Å². The lowest BCUT2D eigenvalue weighted by Crippen LogP contribution is -1.89. The summed E-state index contributed by atoms with van der Waals surface area (Å²) < 4.78 is 4.88. The average molecular weight is 142 g/mol. The van der Waals surface area contributed by atoms with Crippen molar-refractivity contribution in [2.45, 2.75) is 13.3 Å². The Morgan fingerprint density at radius 2 is 2.30 bits per heavy atom. The van der Waals surface area contributed by atoms with Gasteiger partial charge in [0.25, 0.3) is 0 Å². The summed E-state index contributed by atoms with van der Waals surface area (Å²) in [5.41, 5.74) is 0.976. The number of rotatable bonds is 4. The van der Waals surface area contributed by atoms with E-state index in [0.717, 1.165) is 12.1 Å². The molecule has 0 aliphatic rings. The monoisotopic (exact) mass is 142 g/mol. The lowest BCUT2D eigenvalue weighted by molar-refractivity contribution is 0.201. The first-order chi connectivity index (χ1) is 4.85. The minimum atomic E-state index is 0.707. The Balaban J connectivity index is 3.62. The van der Waals surface area contributed by atoms with Crippen molar-refractivity contribution in [2.24, 2.45) is 10.2 Å². The zero-order chi connectivity index (χ0) is 7.82. The van der Waals surface area contributed by atoms with Crippen molar-refractivity contribution >= 4 is 0 Å². The summed E-state index contributed by atoms with van der Waals surface area (Å²) in [6.45, 7) is 2.65. The molecule has 0 saturated heterocycles. The third kappa shape index (κ3) is 4.21. The number of ether oxygens (including phenoxy) is 1. The van der Waals surface area contributed by atoms with Crippen LogP contribution >= 0.6 is 0 Å². The zero-order valence-corrected chi connectivity index (χ0v) is 6.79. The third-order valence-corrected chi connectivity index (χ3v) is 1.12. The number of hydrogen-bond donors (Lipinski definition) is 0. The Morgan fingerprint density at radius 1 is 1.60 bits per heavy atom. The van der Waals surface area contributed by atoms with Crippen molar-refractivity contribution in [3.8, 4) is 0 Å². The summed E-state index contributed by atoms with van der Waals surface area (Å²) in [7, 11) is 3.34. The molecule has 0 rings (SSSR count). The van der Waals surface area contributed by atoms with Gasteiger partial charge in [0, 0.05) is 20.6 Å². The van der Waals surface area contributed by atoms with Crippen molar-refractivity contribution in [3.05, 3.63) is 11.8 Å². The van der Waals surface area contributed by atoms with Crippen LogP contribution in [-0.2, 0) is 4.74 Å². The molecule has 0 saturated carbocycles. The fourth-order valence-electron chi connectivity index (χ4n) is 0.587. The first-order valence-electron chi connectivity index (χ1n) is 3.29. The van der Waals surface area contributed by atoms with Crippen LogP contribution in [0.3, 0.4) is 0 Å². The smallest absolute Gasteiger partial charge is 0.0606 e. The number of nitrogens with zero attached hydrogens (tertiary/aromatic N) is 2. The molecule has 58 valence electrons. The molecule has 10 heavy (non-hydrogen) atoms. The largest absolute Gasteiger partial charge is 0.384 e. The highest BCUT2D eigenvalue weighted by atomic mass is 16.5. The van der Waals surface area contributed by atoms with Crippen LogP contribution in [0.1, 0.15) is 13.3 Å². The van der Waals surface area contributed by atoms with Crippen LogP contribution in [0.2, 0.25) is 0 Å². The van der Waals surface area contributed by atoms with E-state index in [4.69, 9.17) is 4.74 Å². The van der Waals surface area contributed by atoms with Crippen LogP contribution < -0.4 is 0 Å². The van der Waals surface area contributed by atoms with Crippen LogP contribution in [0.4, 0.5) is 0 Å². The van der Waals surface area contributed by atoms with E-state index in [1.54, 1.807) is 14.2 Å². The van der Waals surface area contributed by atoms with E-state index in [-0.39, 0.29) is 0 Å². The maximum atomic E-state index is 4.88. The van der Waals surface area contributed by atoms with Crippen LogP contribution in [0.25, 0.3) is 0 Å². The lowest BCUT2D eigenvalue weighted by Gasteiger charge is -1.96. The second kappa shape index (κ2) is 6.42. The van der Waals surface area contributed by atoms with Crippen molar-refractivity contribution in [1.29, 1.82) is 0 Å². The molecule has 0 N–H and O–H groups in total. The van der Waals surface area contributed by atoms with Gasteiger partial charge in [0.15, 0.2) is 0 Å². The Bertz CT molecular complexity index is 130. The van der Waals surface area contributed by atoms with Crippen LogP contribution in [0, 0.1) is 0 Å². The van der Waals surface area contributed by atoms with Gasteiger partial charge in [-0.1, -0.05) is 6.08 Å². The number of hydrogen-bond acceptors (Lipinski definition) is 3. The van der Waals surface area contributed by atoms with Gasteiger partial charge in [-0.3, -0.25) is 0 Å². The zero-order valence-electron chi connectivity index (χ0n) is 6.79. The van der Waals surface area contributed by atoms with E-state index in [1.165, 1.54) is 0 Å². The molecule has 3 heteroatoms. The van der Waals surface area contributed by atoms with Crippen molar-refractivity contribution < 1.29 is 4.74 Å². The Kier molecular flexibility index (Phi) is 5.97. The molecule has 0 fully saturated rings. The topological polar surface area (TPSA) is 34.0 Å². The summed E-state index contributed by atoms with van der Waals surface area (Å²) in [6.07, 6.45) is 2.77. The number of azo groups is 1. The fourth-order valence-corrected chi connectivity index (χ4v) is 0.587. The van der Waals surface area contributed by atoms with Crippen molar-refractivity contribution in [2.75, 3.05) is 20.8 Å². The third-order valence-electron chi connectivity index (χ3n) is 1.12. The molecule has 0 unspecified atom stereocenters. The molecule has 0 heterocycles. The standard InChI is InChI=1S/C7H14N2O/c1-4-7(9-8-2)5-6-10-3/h4H,5-6H2,1-3H3/b7-4-,9-8?. The highest BCUT2D eigenvalue weighted by Gasteiger charge is 1.90. The Hall–Kier alpha value is -0.700. The van der Waals surface area contributed by atoms with Gasteiger partial charge in [-0.15, -0.1) is 0 Å². The highest BCUT2D eigenvalue weighted by molar-refractivity contribution is 4.96. The van der Waals surface area contributed by atoms with Gasteiger partial charge in [0.05, 0.1) is 12.3 Å². The quantitative estimate of drug-likeness (QED) is 0.553. The molecule has 0 spiro atoms. The summed E-state index contributed by atoms with van der Waals surface area (Å²) in [6, 6.07) is 0. The minimum absolute atomic E-state index is 0.707. The normalized spacial score (nSPS) is 12.9. The number of allylic oxidation sites excluding steroid dienone is 1. The first kappa shape index (κ1) is 9.30. The van der Waals surface area contributed by atoms with Gasteiger partial charge in [-0.2, -0.15) is 10.2 Å². The van der Waals surface area contributed by atoms with Gasteiger partial charge in [0.2, 0.25) is 0 Å². The van der Waals surface area contributed by atoms with Gasteiger partial charge in [-0.25, -0.2) is 0 Å². The van der Waals surface area contributed by atoms with Crippen LogP contribution in [0.5, 0.6) is 0 Å². The van der Waals surface area contributed by atoms with E-state index in [2.05, 4.69) is 10.2 Å². The molecule has 0 bridgehead atoms. The molecule has 3 nitrogen and oxygen atoms in total. The first-order valence-corrected chi connectivity index (χ1v) is 3.29. The summed E-state index contributed by atoms with van der Waals surface area (Å²) in [4.78, 5) is 0. The van der Waals surface area contributed by atoms with Crippen molar-refractivity contribution in [1.82, 2.24) is 0 Å². The highest BCUT2D eigenvalue weighted by Crippen LogP contribution is 2.02. The molecule has 0 aliphatic heterocycles. The van der Waals surface area contributed by atoms with E-state index in [9.17, 15) is 0 Å². The molecule has 0 aromatic carbocycles. The van der Waals surface area contributed by atoms with Crippen LogP contribution in [-0.4, -0.2) is 20.8 Å². The summed E-state index contributed by atoms with van der Waals surface area (Å²) in [5.74, 6) is 0. The predicted molar refractivity (Wildman–Crippen MR) is 41.0 cm³/mol.